The first-order valence-corrected chi connectivity index (χ1v) is 6.74. The highest BCUT2D eigenvalue weighted by Gasteiger charge is 2.15. The van der Waals surface area contributed by atoms with Crippen molar-refractivity contribution in [2.45, 2.75) is 13.5 Å². The van der Waals surface area contributed by atoms with Crippen LogP contribution in [-0.2, 0) is 11.3 Å². The molecule has 0 fully saturated rings. The number of hydrogen-bond acceptors (Lipinski definition) is 3. The topological polar surface area (TPSA) is 35.6 Å². The van der Waals surface area contributed by atoms with E-state index in [1.807, 2.05) is 30.1 Å². The SMILES string of the molecule is CCNCc1cccc(Cl)c1N(C)CC(=O)N(C)C. The van der Waals surface area contributed by atoms with Crippen LogP contribution in [0.2, 0.25) is 5.02 Å². The molecule has 0 aliphatic carbocycles. The number of amides is 1. The van der Waals surface area contributed by atoms with E-state index in [-0.39, 0.29) is 5.91 Å². The first-order valence-electron chi connectivity index (χ1n) is 6.36. The third-order valence-corrected chi connectivity index (χ3v) is 3.19. The Morgan fingerprint density at radius 1 is 1.32 bits per heavy atom. The van der Waals surface area contributed by atoms with Gasteiger partial charge in [0, 0.05) is 27.7 Å². The molecule has 0 aliphatic heterocycles. The molecule has 1 amide bonds. The van der Waals surface area contributed by atoms with E-state index >= 15 is 0 Å². The van der Waals surface area contributed by atoms with Crippen LogP contribution in [0, 0.1) is 0 Å². The molecule has 0 spiro atoms. The number of hydrogen-bond donors (Lipinski definition) is 1. The van der Waals surface area contributed by atoms with E-state index < -0.39 is 0 Å². The molecule has 0 radical (unpaired) electrons. The molecule has 0 heterocycles. The van der Waals surface area contributed by atoms with Crippen LogP contribution in [0.5, 0.6) is 0 Å². The Kier molecular flexibility index (Phi) is 6.12. The number of benzene rings is 1. The van der Waals surface area contributed by atoms with E-state index in [0.717, 1.165) is 24.3 Å². The number of carbonyl (C=O) groups excluding carboxylic acids is 1. The summed E-state index contributed by atoms with van der Waals surface area (Å²) in [6.07, 6.45) is 0. The predicted octanol–water partition coefficient (Wildman–Crippen LogP) is 1.97. The Labute approximate surface area is 120 Å². The number of halogens is 1. The van der Waals surface area contributed by atoms with Crippen molar-refractivity contribution in [3.63, 3.8) is 0 Å². The zero-order valence-corrected chi connectivity index (χ0v) is 12.8. The van der Waals surface area contributed by atoms with Gasteiger partial charge in [0.25, 0.3) is 0 Å². The zero-order chi connectivity index (χ0) is 14.4. The molecule has 19 heavy (non-hydrogen) atoms. The van der Waals surface area contributed by atoms with Crippen molar-refractivity contribution in [1.29, 1.82) is 0 Å². The lowest BCUT2D eigenvalue weighted by atomic mass is 10.1. The molecule has 0 atom stereocenters. The Morgan fingerprint density at radius 3 is 2.58 bits per heavy atom. The number of carbonyl (C=O) groups is 1. The van der Waals surface area contributed by atoms with Gasteiger partial charge >= 0.3 is 0 Å². The molecule has 0 unspecified atom stereocenters. The van der Waals surface area contributed by atoms with Gasteiger partial charge in [0.2, 0.25) is 5.91 Å². The third-order valence-electron chi connectivity index (χ3n) is 2.89. The molecule has 0 bridgehead atoms. The number of anilines is 1. The second kappa shape index (κ2) is 7.36. The molecule has 1 N–H and O–H groups in total. The average molecular weight is 284 g/mol. The maximum Gasteiger partial charge on any atom is 0.241 e. The molecule has 0 saturated carbocycles. The molecule has 1 aromatic carbocycles. The highest BCUT2D eigenvalue weighted by molar-refractivity contribution is 6.33. The molecule has 1 rings (SSSR count). The van der Waals surface area contributed by atoms with E-state index in [9.17, 15) is 4.79 Å². The minimum absolute atomic E-state index is 0.0526. The van der Waals surface area contributed by atoms with E-state index in [4.69, 9.17) is 11.6 Å². The van der Waals surface area contributed by atoms with Crippen LogP contribution < -0.4 is 10.2 Å². The molecule has 5 heteroatoms. The van der Waals surface area contributed by atoms with Crippen LogP contribution in [-0.4, -0.2) is 45.0 Å². The summed E-state index contributed by atoms with van der Waals surface area (Å²) in [5, 5.41) is 3.95. The summed E-state index contributed by atoms with van der Waals surface area (Å²) in [5.41, 5.74) is 2.02. The molecule has 0 saturated heterocycles. The smallest absolute Gasteiger partial charge is 0.241 e. The summed E-state index contributed by atoms with van der Waals surface area (Å²) >= 11 is 6.27. The number of para-hydroxylation sites is 1. The van der Waals surface area contributed by atoms with Crippen molar-refractivity contribution in [3.8, 4) is 0 Å². The van der Waals surface area contributed by atoms with Gasteiger partial charge in [0.15, 0.2) is 0 Å². The Morgan fingerprint density at radius 2 is 2.00 bits per heavy atom. The molecule has 4 nitrogen and oxygen atoms in total. The quantitative estimate of drug-likeness (QED) is 0.867. The highest BCUT2D eigenvalue weighted by atomic mass is 35.5. The lowest BCUT2D eigenvalue weighted by Gasteiger charge is -2.24. The fraction of sp³-hybridized carbons (Fsp3) is 0.500. The zero-order valence-electron chi connectivity index (χ0n) is 12.0. The molecule has 106 valence electrons. The summed E-state index contributed by atoms with van der Waals surface area (Å²) in [5.74, 6) is 0.0526. The van der Waals surface area contributed by atoms with Crippen molar-refractivity contribution < 1.29 is 4.79 Å². The lowest BCUT2D eigenvalue weighted by molar-refractivity contribution is -0.127. The van der Waals surface area contributed by atoms with Crippen LogP contribution in [0.1, 0.15) is 12.5 Å². The second-order valence-corrected chi connectivity index (χ2v) is 5.08. The second-order valence-electron chi connectivity index (χ2n) is 4.67. The van der Waals surface area contributed by atoms with Crippen molar-refractivity contribution in [3.05, 3.63) is 28.8 Å². The van der Waals surface area contributed by atoms with Gasteiger partial charge in [0.05, 0.1) is 17.3 Å². The summed E-state index contributed by atoms with van der Waals surface area (Å²) in [6, 6.07) is 5.81. The van der Waals surface area contributed by atoms with E-state index in [1.165, 1.54) is 0 Å². The van der Waals surface area contributed by atoms with Gasteiger partial charge in [-0.3, -0.25) is 4.79 Å². The maximum absolute atomic E-state index is 11.8. The predicted molar refractivity (Wildman–Crippen MR) is 80.8 cm³/mol. The van der Waals surface area contributed by atoms with E-state index in [1.54, 1.807) is 19.0 Å². The minimum Gasteiger partial charge on any atom is -0.364 e. The molecular formula is C14H22ClN3O. The van der Waals surface area contributed by atoms with Crippen LogP contribution in [0.15, 0.2) is 18.2 Å². The average Bonchev–Trinajstić information content (AvgIpc) is 2.35. The van der Waals surface area contributed by atoms with Crippen LogP contribution >= 0.6 is 11.6 Å². The number of nitrogens with one attached hydrogen (secondary N) is 1. The third kappa shape index (κ3) is 4.40. The Hall–Kier alpha value is -1.26. The van der Waals surface area contributed by atoms with Crippen LogP contribution in [0.4, 0.5) is 5.69 Å². The normalized spacial score (nSPS) is 10.4. The summed E-state index contributed by atoms with van der Waals surface area (Å²) in [6.45, 7) is 4.01. The molecular weight excluding hydrogens is 262 g/mol. The summed E-state index contributed by atoms with van der Waals surface area (Å²) in [7, 11) is 5.39. The van der Waals surface area contributed by atoms with E-state index in [0.29, 0.717) is 11.6 Å². The van der Waals surface area contributed by atoms with Gasteiger partial charge < -0.3 is 15.1 Å². The lowest BCUT2D eigenvalue weighted by Crippen LogP contribution is -2.35. The monoisotopic (exact) mass is 283 g/mol. The van der Waals surface area contributed by atoms with Gasteiger partial charge in [-0.25, -0.2) is 0 Å². The molecule has 0 aliphatic rings. The molecule has 0 aromatic heterocycles. The largest absolute Gasteiger partial charge is 0.364 e. The number of rotatable bonds is 6. The Bertz CT molecular complexity index is 435. The van der Waals surface area contributed by atoms with Gasteiger partial charge in [0.1, 0.15) is 0 Å². The maximum atomic E-state index is 11.8. The fourth-order valence-corrected chi connectivity index (χ4v) is 2.15. The van der Waals surface area contributed by atoms with E-state index in [2.05, 4.69) is 12.2 Å². The molecule has 1 aromatic rings. The summed E-state index contributed by atoms with van der Waals surface area (Å²) in [4.78, 5) is 15.3. The van der Waals surface area contributed by atoms with Gasteiger partial charge in [-0.05, 0) is 18.2 Å². The number of nitrogens with zero attached hydrogens (tertiary/aromatic N) is 2. The van der Waals surface area contributed by atoms with Crippen LogP contribution in [0.3, 0.4) is 0 Å². The standard InChI is InChI=1S/C14H22ClN3O/c1-5-16-9-11-7-6-8-12(15)14(11)18(4)10-13(19)17(2)3/h6-8,16H,5,9-10H2,1-4H3. The van der Waals surface area contributed by atoms with Crippen molar-refractivity contribution in [2.24, 2.45) is 0 Å². The minimum atomic E-state index is 0.0526. The number of likely N-dealkylation sites (N-methyl/N-ethyl adjacent to an activating group) is 2. The Balaban J connectivity index is 2.93. The van der Waals surface area contributed by atoms with Gasteiger partial charge in [-0.2, -0.15) is 0 Å². The van der Waals surface area contributed by atoms with Gasteiger partial charge in [-0.1, -0.05) is 30.7 Å². The first-order chi connectivity index (χ1) is 8.97. The first kappa shape index (κ1) is 15.8. The van der Waals surface area contributed by atoms with Crippen molar-refractivity contribution >= 4 is 23.2 Å². The van der Waals surface area contributed by atoms with Crippen molar-refractivity contribution in [2.75, 3.05) is 39.1 Å². The summed E-state index contributed by atoms with van der Waals surface area (Å²) < 4.78 is 0. The van der Waals surface area contributed by atoms with Gasteiger partial charge in [-0.15, -0.1) is 0 Å². The fourth-order valence-electron chi connectivity index (χ4n) is 1.81. The van der Waals surface area contributed by atoms with Crippen LogP contribution in [0.25, 0.3) is 0 Å². The highest BCUT2D eigenvalue weighted by Crippen LogP contribution is 2.29. The van der Waals surface area contributed by atoms with Crippen molar-refractivity contribution in [1.82, 2.24) is 10.2 Å².